The van der Waals surface area contributed by atoms with Gasteiger partial charge in [-0.25, -0.2) is 4.39 Å². The van der Waals surface area contributed by atoms with Gasteiger partial charge in [0.2, 0.25) is 0 Å². The van der Waals surface area contributed by atoms with Gasteiger partial charge in [-0.15, -0.1) is 5.10 Å². The quantitative estimate of drug-likeness (QED) is 0.423. The third kappa shape index (κ3) is 6.12. The molecule has 8 nitrogen and oxygen atoms in total. The zero-order valence-electron chi connectivity index (χ0n) is 17.3. The standard InChI is InChI=1S/C22H23ClFN5O3/c1-2-32-22(31)19(25)11-16(27-21(30)20-12-26-29-28-20)9-13-3-5-14(6-4-13)17-10-15(23)7-8-18(17)24/h3-8,10,12,16,19H,2,9,11,25H2,1H3,(H,27,30)(H,26,28,29). The number of aromatic nitrogens is 3. The number of ether oxygens (including phenoxy) is 1. The maximum Gasteiger partial charge on any atom is 0.322 e. The molecule has 3 aromatic rings. The van der Waals surface area contributed by atoms with E-state index in [0.717, 1.165) is 5.56 Å². The lowest BCUT2D eigenvalue weighted by Crippen LogP contribution is -2.44. The highest BCUT2D eigenvalue weighted by Crippen LogP contribution is 2.26. The summed E-state index contributed by atoms with van der Waals surface area (Å²) in [4.78, 5) is 24.4. The number of amides is 1. The van der Waals surface area contributed by atoms with E-state index >= 15 is 0 Å². The highest BCUT2D eigenvalue weighted by Gasteiger charge is 2.23. The summed E-state index contributed by atoms with van der Waals surface area (Å²) in [6.45, 7) is 1.91. The second kappa shape index (κ2) is 10.8. The van der Waals surface area contributed by atoms with E-state index in [2.05, 4.69) is 20.7 Å². The average Bonchev–Trinajstić information content (AvgIpc) is 3.31. The Labute approximate surface area is 189 Å². The molecule has 2 atom stereocenters. The van der Waals surface area contributed by atoms with Gasteiger partial charge in [0.25, 0.3) is 5.91 Å². The largest absolute Gasteiger partial charge is 0.465 e. The molecule has 0 aliphatic rings. The van der Waals surface area contributed by atoms with Crippen LogP contribution in [0.15, 0.2) is 48.7 Å². The van der Waals surface area contributed by atoms with E-state index < -0.39 is 24.0 Å². The van der Waals surface area contributed by atoms with Gasteiger partial charge in [-0.2, -0.15) is 0 Å². The molecular formula is C22H23ClFN5O3. The zero-order valence-corrected chi connectivity index (χ0v) is 18.1. The summed E-state index contributed by atoms with van der Waals surface area (Å²) in [5.41, 5.74) is 8.00. The molecule has 1 amide bonds. The molecule has 0 aliphatic carbocycles. The van der Waals surface area contributed by atoms with E-state index in [1.54, 1.807) is 25.1 Å². The first-order valence-electron chi connectivity index (χ1n) is 10.0. The van der Waals surface area contributed by atoms with E-state index in [-0.39, 0.29) is 24.5 Å². The number of halogens is 2. The second-order valence-electron chi connectivity index (χ2n) is 7.15. The topological polar surface area (TPSA) is 123 Å². The van der Waals surface area contributed by atoms with Crippen molar-refractivity contribution in [3.63, 3.8) is 0 Å². The van der Waals surface area contributed by atoms with E-state index in [1.165, 1.54) is 18.3 Å². The molecule has 0 saturated carbocycles. The van der Waals surface area contributed by atoms with E-state index in [1.807, 2.05) is 12.1 Å². The number of H-pyrrole nitrogens is 1. The van der Waals surface area contributed by atoms with Gasteiger partial charge in [0.1, 0.15) is 11.9 Å². The van der Waals surface area contributed by atoms with Crippen LogP contribution in [-0.2, 0) is 16.0 Å². The van der Waals surface area contributed by atoms with Crippen LogP contribution < -0.4 is 11.1 Å². The Hall–Kier alpha value is -3.30. The first-order valence-corrected chi connectivity index (χ1v) is 10.4. The number of esters is 1. The van der Waals surface area contributed by atoms with Crippen molar-refractivity contribution in [3.05, 3.63) is 70.8 Å². The van der Waals surface area contributed by atoms with Crippen LogP contribution in [0, 0.1) is 5.82 Å². The molecule has 10 heteroatoms. The predicted octanol–water partition coefficient (Wildman–Crippen LogP) is 2.89. The number of carbonyl (C=O) groups excluding carboxylic acids is 2. The monoisotopic (exact) mass is 459 g/mol. The molecule has 0 fully saturated rings. The fourth-order valence-corrected chi connectivity index (χ4v) is 3.41. The van der Waals surface area contributed by atoms with Crippen LogP contribution >= 0.6 is 11.6 Å². The summed E-state index contributed by atoms with van der Waals surface area (Å²) < 4.78 is 19.1. The minimum absolute atomic E-state index is 0.117. The van der Waals surface area contributed by atoms with Gasteiger partial charge in [-0.3, -0.25) is 14.7 Å². The molecule has 0 radical (unpaired) electrons. The number of nitrogens with one attached hydrogen (secondary N) is 2. The fourth-order valence-electron chi connectivity index (χ4n) is 3.24. The average molecular weight is 460 g/mol. The van der Waals surface area contributed by atoms with Crippen LogP contribution in [0.2, 0.25) is 5.02 Å². The third-order valence-electron chi connectivity index (χ3n) is 4.79. The lowest BCUT2D eigenvalue weighted by atomic mass is 9.97. The van der Waals surface area contributed by atoms with Crippen molar-refractivity contribution in [1.82, 2.24) is 20.7 Å². The normalized spacial score (nSPS) is 12.8. The lowest BCUT2D eigenvalue weighted by Gasteiger charge is -2.21. The van der Waals surface area contributed by atoms with Crippen LogP contribution in [0.4, 0.5) is 4.39 Å². The summed E-state index contributed by atoms with van der Waals surface area (Å²) in [5.74, 6) is -1.36. The number of nitrogens with zero attached hydrogens (tertiary/aromatic N) is 2. The molecule has 0 bridgehead atoms. The Morgan fingerprint density at radius 1 is 1.25 bits per heavy atom. The number of benzene rings is 2. The summed E-state index contributed by atoms with van der Waals surface area (Å²) in [6, 6.07) is 10.2. The van der Waals surface area contributed by atoms with Gasteiger partial charge < -0.3 is 15.8 Å². The van der Waals surface area contributed by atoms with Gasteiger partial charge in [0.15, 0.2) is 5.69 Å². The first kappa shape index (κ1) is 23.4. The fraction of sp³-hybridized carbons (Fsp3) is 0.273. The molecule has 0 aliphatic heterocycles. The zero-order chi connectivity index (χ0) is 23.1. The van der Waals surface area contributed by atoms with E-state index in [9.17, 15) is 14.0 Å². The highest BCUT2D eigenvalue weighted by atomic mass is 35.5. The molecule has 168 valence electrons. The molecular weight excluding hydrogens is 437 g/mol. The Kier molecular flexibility index (Phi) is 7.91. The first-order chi connectivity index (χ1) is 15.4. The molecule has 2 unspecified atom stereocenters. The molecule has 0 saturated heterocycles. The number of rotatable bonds is 9. The Balaban J connectivity index is 1.76. The molecule has 0 spiro atoms. The minimum Gasteiger partial charge on any atom is -0.465 e. The molecule has 1 aromatic heterocycles. The summed E-state index contributed by atoms with van der Waals surface area (Å²) >= 11 is 5.99. The van der Waals surface area contributed by atoms with Crippen LogP contribution in [0.3, 0.4) is 0 Å². The Morgan fingerprint density at radius 3 is 2.66 bits per heavy atom. The summed E-state index contributed by atoms with van der Waals surface area (Å²) in [6.07, 6.45) is 1.91. The van der Waals surface area contributed by atoms with Crippen molar-refractivity contribution in [3.8, 4) is 11.1 Å². The molecule has 3 rings (SSSR count). The van der Waals surface area contributed by atoms with Crippen molar-refractivity contribution in [2.45, 2.75) is 31.8 Å². The summed E-state index contributed by atoms with van der Waals surface area (Å²) in [7, 11) is 0. The molecule has 4 N–H and O–H groups in total. The molecule has 2 aromatic carbocycles. The van der Waals surface area contributed by atoms with Gasteiger partial charge >= 0.3 is 5.97 Å². The van der Waals surface area contributed by atoms with Gasteiger partial charge in [0.05, 0.1) is 12.8 Å². The van der Waals surface area contributed by atoms with Crippen LogP contribution in [0.5, 0.6) is 0 Å². The van der Waals surface area contributed by atoms with Crippen molar-refractivity contribution in [2.24, 2.45) is 5.73 Å². The van der Waals surface area contributed by atoms with Crippen LogP contribution in [-0.4, -0.2) is 46.0 Å². The second-order valence-corrected chi connectivity index (χ2v) is 7.58. The Morgan fingerprint density at radius 2 is 2.00 bits per heavy atom. The lowest BCUT2D eigenvalue weighted by molar-refractivity contribution is -0.145. The minimum atomic E-state index is -0.905. The third-order valence-corrected chi connectivity index (χ3v) is 5.02. The Bertz CT molecular complexity index is 1060. The summed E-state index contributed by atoms with van der Waals surface area (Å²) in [5, 5.41) is 13.0. The van der Waals surface area contributed by atoms with Crippen molar-refractivity contribution >= 4 is 23.5 Å². The smallest absolute Gasteiger partial charge is 0.322 e. The number of carbonyl (C=O) groups is 2. The maximum absolute atomic E-state index is 14.1. The number of nitrogens with two attached hydrogens (primary N) is 1. The van der Waals surface area contributed by atoms with Gasteiger partial charge in [0, 0.05) is 16.6 Å². The van der Waals surface area contributed by atoms with Crippen molar-refractivity contribution < 1.29 is 18.7 Å². The van der Waals surface area contributed by atoms with E-state index in [0.29, 0.717) is 22.6 Å². The molecule has 32 heavy (non-hydrogen) atoms. The van der Waals surface area contributed by atoms with Crippen LogP contribution in [0.25, 0.3) is 11.1 Å². The van der Waals surface area contributed by atoms with Gasteiger partial charge in [-0.1, -0.05) is 41.1 Å². The number of hydrogen-bond acceptors (Lipinski definition) is 6. The predicted molar refractivity (Wildman–Crippen MR) is 117 cm³/mol. The van der Waals surface area contributed by atoms with Crippen molar-refractivity contribution in [2.75, 3.05) is 6.61 Å². The maximum atomic E-state index is 14.1. The van der Waals surface area contributed by atoms with Gasteiger partial charge in [-0.05, 0) is 49.1 Å². The SMILES string of the molecule is CCOC(=O)C(N)CC(Cc1ccc(-c2cc(Cl)ccc2F)cc1)NC(=O)c1c[nH]nn1. The van der Waals surface area contributed by atoms with E-state index in [4.69, 9.17) is 22.1 Å². The van der Waals surface area contributed by atoms with Crippen LogP contribution in [0.1, 0.15) is 29.4 Å². The number of aromatic amines is 1. The highest BCUT2D eigenvalue weighted by molar-refractivity contribution is 6.30. The number of hydrogen-bond donors (Lipinski definition) is 3. The molecule has 1 heterocycles. The van der Waals surface area contributed by atoms with Crippen molar-refractivity contribution in [1.29, 1.82) is 0 Å².